The molecule has 4 heteroatoms. The van der Waals surface area contributed by atoms with Gasteiger partial charge in [-0.3, -0.25) is 0 Å². The maximum Gasteiger partial charge on any atom is 0.190 e. The monoisotopic (exact) mass is 306 g/mol. The normalized spacial score (nSPS) is 10.9. The zero-order valence-corrected chi connectivity index (χ0v) is 11.7. The fourth-order valence-corrected chi connectivity index (χ4v) is 1.82. The summed E-state index contributed by atoms with van der Waals surface area (Å²) in [5.74, 6) is -0.962. The fourth-order valence-electron chi connectivity index (χ4n) is 1.49. The lowest BCUT2D eigenvalue weighted by Crippen LogP contribution is -2.03. The molecule has 0 N–H and O–H groups in total. The molecule has 0 radical (unpaired) electrons. The molecule has 0 aromatic heterocycles. The van der Waals surface area contributed by atoms with Crippen LogP contribution in [0.3, 0.4) is 0 Å². The molecule has 17 heavy (non-hydrogen) atoms. The Kier molecular flexibility index (Phi) is 5.89. The van der Waals surface area contributed by atoms with Crippen LogP contribution in [0.5, 0.6) is 5.75 Å². The van der Waals surface area contributed by atoms with Crippen molar-refractivity contribution in [1.29, 1.82) is 0 Å². The van der Waals surface area contributed by atoms with Crippen LogP contribution in [0.15, 0.2) is 12.1 Å². The van der Waals surface area contributed by atoms with Crippen molar-refractivity contribution >= 4 is 15.9 Å². The van der Waals surface area contributed by atoms with E-state index in [1.165, 1.54) is 12.1 Å². The molecule has 0 bridgehead atoms. The van der Waals surface area contributed by atoms with Crippen molar-refractivity contribution in [3.63, 3.8) is 0 Å². The molecular formula is C13H17BrF2O. The second-order valence-corrected chi connectivity index (χ2v) is 4.97. The molecule has 0 aliphatic carbocycles. The third-order valence-corrected chi connectivity index (χ3v) is 3.03. The third-order valence-electron chi connectivity index (χ3n) is 2.38. The summed E-state index contributed by atoms with van der Waals surface area (Å²) in [6, 6.07) is 2.57. The van der Waals surface area contributed by atoms with Gasteiger partial charge in [0.05, 0.1) is 6.61 Å². The molecule has 0 unspecified atom stereocenters. The van der Waals surface area contributed by atoms with Gasteiger partial charge in [-0.2, -0.15) is 0 Å². The van der Waals surface area contributed by atoms with Crippen molar-refractivity contribution in [2.45, 2.75) is 32.0 Å². The zero-order valence-electron chi connectivity index (χ0n) is 10.1. The molecule has 1 aromatic rings. The highest BCUT2D eigenvalue weighted by atomic mass is 79.9. The SMILES string of the molecule is CC(C)CCCOc1c(F)cc(CBr)cc1F. The van der Waals surface area contributed by atoms with Crippen molar-refractivity contribution < 1.29 is 13.5 Å². The van der Waals surface area contributed by atoms with Crippen LogP contribution in [0.1, 0.15) is 32.3 Å². The number of benzene rings is 1. The molecule has 96 valence electrons. The van der Waals surface area contributed by atoms with Crippen LogP contribution >= 0.6 is 15.9 Å². The summed E-state index contributed by atoms with van der Waals surface area (Å²) >= 11 is 3.16. The molecule has 0 saturated heterocycles. The van der Waals surface area contributed by atoms with Crippen LogP contribution in [0, 0.1) is 17.6 Å². The van der Waals surface area contributed by atoms with Crippen LogP contribution < -0.4 is 4.74 Å². The maximum atomic E-state index is 13.5. The molecule has 1 rings (SSSR count). The molecule has 0 amide bonds. The second kappa shape index (κ2) is 6.94. The Hall–Kier alpha value is -0.640. The molecular weight excluding hydrogens is 290 g/mol. The zero-order chi connectivity index (χ0) is 12.8. The van der Waals surface area contributed by atoms with Crippen LogP contribution in [-0.4, -0.2) is 6.61 Å². The van der Waals surface area contributed by atoms with E-state index in [9.17, 15) is 8.78 Å². The molecule has 0 fully saturated rings. The summed E-state index contributed by atoms with van der Waals surface area (Å²) in [4.78, 5) is 0. The average molecular weight is 307 g/mol. The lowest BCUT2D eigenvalue weighted by molar-refractivity contribution is 0.270. The highest BCUT2D eigenvalue weighted by molar-refractivity contribution is 9.08. The smallest absolute Gasteiger partial charge is 0.190 e. The predicted octanol–water partition coefficient (Wildman–Crippen LogP) is 4.67. The van der Waals surface area contributed by atoms with E-state index < -0.39 is 11.6 Å². The molecule has 1 aromatic carbocycles. The molecule has 0 atom stereocenters. The Morgan fingerprint density at radius 1 is 1.24 bits per heavy atom. The highest BCUT2D eigenvalue weighted by Gasteiger charge is 2.12. The third kappa shape index (κ3) is 4.62. The number of rotatable bonds is 6. The number of halogens is 3. The lowest BCUT2D eigenvalue weighted by Gasteiger charge is -2.10. The van der Waals surface area contributed by atoms with E-state index >= 15 is 0 Å². The van der Waals surface area contributed by atoms with Crippen molar-refractivity contribution in [2.75, 3.05) is 6.61 Å². The van der Waals surface area contributed by atoms with Gasteiger partial charge >= 0.3 is 0 Å². The lowest BCUT2D eigenvalue weighted by atomic mass is 10.1. The Bertz CT molecular complexity index is 343. The van der Waals surface area contributed by atoms with Gasteiger partial charge in [0.1, 0.15) is 0 Å². The van der Waals surface area contributed by atoms with Gasteiger partial charge in [0, 0.05) is 5.33 Å². The Morgan fingerprint density at radius 3 is 2.29 bits per heavy atom. The van der Waals surface area contributed by atoms with E-state index in [1.54, 1.807) is 0 Å². The van der Waals surface area contributed by atoms with Crippen molar-refractivity contribution in [3.05, 3.63) is 29.3 Å². The molecule has 0 heterocycles. The first-order valence-electron chi connectivity index (χ1n) is 5.71. The van der Waals surface area contributed by atoms with E-state index in [1.807, 2.05) is 0 Å². The van der Waals surface area contributed by atoms with Crippen LogP contribution in [-0.2, 0) is 5.33 Å². The van der Waals surface area contributed by atoms with Gasteiger partial charge in [-0.15, -0.1) is 0 Å². The molecule has 0 saturated carbocycles. The van der Waals surface area contributed by atoms with E-state index in [4.69, 9.17) is 4.74 Å². The maximum absolute atomic E-state index is 13.5. The number of ether oxygens (including phenoxy) is 1. The predicted molar refractivity (Wildman–Crippen MR) is 68.6 cm³/mol. The van der Waals surface area contributed by atoms with Gasteiger partial charge in [0.15, 0.2) is 17.4 Å². The van der Waals surface area contributed by atoms with E-state index in [2.05, 4.69) is 29.8 Å². The minimum Gasteiger partial charge on any atom is -0.488 e. The summed E-state index contributed by atoms with van der Waals surface area (Å²) < 4.78 is 32.1. The van der Waals surface area contributed by atoms with Crippen molar-refractivity contribution in [1.82, 2.24) is 0 Å². The van der Waals surface area contributed by atoms with Gasteiger partial charge in [-0.1, -0.05) is 29.8 Å². The van der Waals surface area contributed by atoms with Crippen molar-refractivity contribution in [3.8, 4) is 5.75 Å². The fraction of sp³-hybridized carbons (Fsp3) is 0.538. The van der Waals surface area contributed by atoms with E-state index in [-0.39, 0.29) is 5.75 Å². The largest absolute Gasteiger partial charge is 0.488 e. The van der Waals surface area contributed by atoms with Gasteiger partial charge in [0.25, 0.3) is 0 Å². The standard InChI is InChI=1S/C13H17BrF2O/c1-9(2)4-3-5-17-13-11(15)6-10(8-14)7-12(13)16/h6-7,9H,3-5,8H2,1-2H3. The number of hydrogen-bond donors (Lipinski definition) is 0. The van der Waals surface area contributed by atoms with Gasteiger partial charge < -0.3 is 4.74 Å². The Morgan fingerprint density at radius 2 is 1.82 bits per heavy atom. The van der Waals surface area contributed by atoms with Crippen LogP contribution in [0.2, 0.25) is 0 Å². The molecule has 0 spiro atoms. The van der Waals surface area contributed by atoms with Gasteiger partial charge in [0.2, 0.25) is 0 Å². The molecule has 0 aliphatic heterocycles. The quantitative estimate of drug-likeness (QED) is 0.548. The summed E-state index contributed by atoms with van der Waals surface area (Å²) in [6.45, 7) is 4.55. The van der Waals surface area contributed by atoms with Crippen LogP contribution in [0.4, 0.5) is 8.78 Å². The Labute approximate surface area is 109 Å². The van der Waals surface area contributed by atoms with Gasteiger partial charge in [-0.25, -0.2) is 8.78 Å². The number of alkyl halides is 1. The van der Waals surface area contributed by atoms with E-state index in [0.29, 0.717) is 23.4 Å². The number of hydrogen-bond acceptors (Lipinski definition) is 1. The molecule has 1 nitrogen and oxygen atoms in total. The highest BCUT2D eigenvalue weighted by Crippen LogP contribution is 2.24. The summed E-state index contributed by atoms with van der Waals surface area (Å²) in [5, 5.41) is 0.425. The molecule has 0 aliphatic rings. The van der Waals surface area contributed by atoms with Crippen molar-refractivity contribution in [2.24, 2.45) is 5.92 Å². The first kappa shape index (κ1) is 14.4. The van der Waals surface area contributed by atoms with E-state index in [0.717, 1.165) is 12.8 Å². The van der Waals surface area contributed by atoms with Gasteiger partial charge in [-0.05, 0) is 36.5 Å². The van der Waals surface area contributed by atoms with Crippen LogP contribution in [0.25, 0.3) is 0 Å². The second-order valence-electron chi connectivity index (χ2n) is 4.41. The summed E-state index contributed by atoms with van der Waals surface area (Å²) in [7, 11) is 0. The first-order valence-corrected chi connectivity index (χ1v) is 6.83. The minimum atomic E-state index is -0.635. The average Bonchev–Trinajstić information content (AvgIpc) is 2.26. The first-order chi connectivity index (χ1) is 8.04. The minimum absolute atomic E-state index is 0.265. The topological polar surface area (TPSA) is 9.23 Å². The summed E-state index contributed by atoms with van der Waals surface area (Å²) in [6.07, 6.45) is 1.79. The summed E-state index contributed by atoms with van der Waals surface area (Å²) in [5.41, 5.74) is 0.564. The Balaban J connectivity index is 2.59.